The van der Waals surface area contributed by atoms with Gasteiger partial charge in [0.2, 0.25) is 0 Å². The van der Waals surface area contributed by atoms with Crippen molar-refractivity contribution in [3.63, 3.8) is 0 Å². The molecule has 1 atom stereocenters. The predicted molar refractivity (Wildman–Crippen MR) is 67.1 cm³/mol. The number of benzene rings is 1. The molecule has 0 aliphatic carbocycles. The number of ether oxygens (including phenoxy) is 1. The van der Waals surface area contributed by atoms with Gasteiger partial charge in [-0.2, -0.15) is 0 Å². The summed E-state index contributed by atoms with van der Waals surface area (Å²) < 4.78 is 5.31. The number of hydrogen-bond acceptors (Lipinski definition) is 3. The highest BCUT2D eigenvalue weighted by Crippen LogP contribution is 2.27. The maximum Gasteiger partial charge on any atom is 0.142 e. The quantitative estimate of drug-likeness (QED) is 0.802. The number of methoxy groups -OCH3 is 1. The summed E-state index contributed by atoms with van der Waals surface area (Å²) in [7, 11) is 3.70. The van der Waals surface area contributed by atoms with Crippen LogP contribution in [0.2, 0.25) is 0 Å². The topological polar surface area (TPSA) is 32.7 Å². The highest BCUT2D eigenvalue weighted by molar-refractivity contribution is 5.57. The van der Waals surface area contributed by atoms with Crippen LogP contribution in [-0.4, -0.2) is 32.4 Å². The second-order valence-electron chi connectivity index (χ2n) is 4.01. The van der Waals surface area contributed by atoms with Crippen LogP contribution in [0.5, 0.6) is 5.75 Å². The van der Waals surface area contributed by atoms with Crippen LogP contribution in [0.3, 0.4) is 0 Å². The van der Waals surface area contributed by atoms with Crippen molar-refractivity contribution in [1.82, 2.24) is 0 Å². The molecule has 3 heteroatoms. The van der Waals surface area contributed by atoms with Gasteiger partial charge in [-0.05, 0) is 24.5 Å². The number of hydrogen-bond donors (Lipinski definition) is 1. The minimum absolute atomic E-state index is 0.232. The molecule has 0 radical (unpaired) electrons. The molecular weight excluding hydrogens is 202 g/mol. The highest BCUT2D eigenvalue weighted by atomic mass is 16.5. The molecule has 0 spiro atoms. The predicted octanol–water partition coefficient (Wildman–Crippen LogP) is 2.15. The van der Waals surface area contributed by atoms with E-state index in [1.165, 1.54) is 0 Å². The second kappa shape index (κ2) is 6.38. The van der Waals surface area contributed by atoms with Gasteiger partial charge in [0.15, 0.2) is 0 Å². The van der Waals surface area contributed by atoms with Crippen molar-refractivity contribution in [2.24, 2.45) is 5.92 Å². The third-order valence-corrected chi connectivity index (χ3v) is 2.86. The SMILES string of the molecule is CCC(CO)CN(C)c1ccccc1OC. The lowest BCUT2D eigenvalue weighted by Crippen LogP contribution is -2.27. The number of aliphatic hydroxyl groups excluding tert-OH is 1. The van der Waals surface area contributed by atoms with Gasteiger partial charge >= 0.3 is 0 Å². The summed E-state index contributed by atoms with van der Waals surface area (Å²) in [5.41, 5.74) is 1.07. The molecule has 1 rings (SSSR count). The van der Waals surface area contributed by atoms with Crippen LogP contribution in [-0.2, 0) is 0 Å². The Kier molecular flexibility index (Phi) is 5.12. The van der Waals surface area contributed by atoms with Gasteiger partial charge in [0, 0.05) is 20.2 Å². The fraction of sp³-hybridized carbons (Fsp3) is 0.538. The van der Waals surface area contributed by atoms with Gasteiger partial charge in [-0.1, -0.05) is 19.1 Å². The molecule has 0 heterocycles. The number of anilines is 1. The normalized spacial score (nSPS) is 12.2. The maximum absolute atomic E-state index is 9.19. The van der Waals surface area contributed by atoms with Gasteiger partial charge in [-0.15, -0.1) is 0 Å². The van der Waals surface area contributed by atoms with Crippen molar-refractivity contribution in [2.45, 2.75) is 13.3 Å². The number of para-hydroxylation sites is 2. The van der Waals surface area contributed by atoms with E-state index in [2.05, 4.69) is 11.8 Å². The van der Waals surface area contributed by atoms with E-state index in [0.717, 1.165) is 24.4 Å². The summed E-state index contributed by atoms with van der Waals surface area (Å²) in [6.45, 7) is 3.17. The molecular formula is C13H21NO2. The molecule has 1 unspecified atom stereocenters. The first-order valence-electron chi connectivity index (χ1n) is 5.67. The summed E-state index contributed by atoms with van der Waals surface area (Å²) in [6.07, 6.45) is 0.982. The largest absolute Gasteiger partial charge is 0.495 e. The fourth-order valence-electron chi connectivity index (χ4n) is 1.75. The van der Waals surface area contributed by atoms with Gasteiger partial charge in [-0.25, -0.2) is 0 Å². The van der Waals surface area contributed by atoms with Crippen LogP contribution < -0.4 is 9.64 Å². The van der Waals surface area contributed by atoms with E-state index in [9.17, 15) is 5.11 Å². The first kappa shape index (κ1) is 12.8. The minimum Gasteiger partial charge on any atom is -0.495 e. The molecule has 3 nitrogen and oxygen atoms in total. The Bertz CT molecular complexity index is 311. The average molecular weight is 223 g/mol. The maximum atomic E-state index is 9.19. The molecule has 0 saturated carbocycles. The second-order valence-corrected chi connectivity index (χ2v) is 4.01. The molecule has 0 aliphatic heterocycles. The molecule has 0 bridgehead atoms. The zero-order chi connectivity index (χ0) is 12.0. The summed E-state index contributed by atoms with van der Waals surface area (Å²) in [4.78, 5) is 2.13. The summed E-state index contributed by atoms with van der Waals surface area (Å²) in [5, 5.41) is 9.19. The summed E-state index contributed by atoms with van der Waals surface area (Å²) in [5.74, 6) is 1.19. The van der Waals surface area contributed by atoms with Crippen molar-refractivity contribution in [3.05, 3.63) is 24.3 Å². The lowest BCUT2D eigenvalue weighted by molar-refractivity contribution is 0.225. The molecule has 16 heavy (non-hydrogen) atoms. The van der Waals surface area contributed by atoms with Crippen molar-refractivity contribution in [1.29, 1.82) is 0 Å². The van der Waals surface area contributed by atoms with E-state index in [-0.39, 0.29) is 6.61 Å². The van der Waals surface area contributed by atoms with Crippen LogP contribution in [0.4, 0.5) is 5.69 Å². The summed E-state index contributed by atoms with van der Waals surface area (Å²) >= 11 is 0. The van der Waals surface area contributed by atoms with Crippen LogP contribution in [0, 0.1) is 5.92 Å². The molecule has 1 aromatic carbocycles. The third-order valence-electron chi connectivity index (χ3n) is 2.86. The Morgan fingerprint density at radius 3 is 2.62 bits per heavy atom. The summed E-state index contributed by atoms with van der Waals surface area (Å²) in [6, 6.07) is 7.93. The number of aliphatic hydroxyl groups is 1. The highest BCUT2D eigenvalue weighted by Gasteiger charge is 2.12. The Hall–Kier alpha value is -1.22. The van der Waals surface area contributed by atoms with E-state index in [4.69, 9.17) is 4.74 Å². The Morgan fingerprint density at radius 1 is 1.38 bits per heavy atom. The molecule has 1 aromatic rings. The van der Waals surface area contributed by atoms with E-state index < -0.39 is 0 Å². The smallest absolute Gasteiger partial charge is 0.142 e. The number of rotatable bonds is 6. The van der Waals surface area contributed by atoms with E-state index in [1.807, 2.05) is 31.3 Å². The van der Waals surface area contributed by atoms with Crippen molar-refractivity contribution in [3.8, 4) is 5.75 Å². The lowest BCUT2D eigenvalue weighted by atomic mass is 10.1. The molecule has 0 aromatic heterocycles. The molecule has 0 amide bonds. The number of nitrogens with zero attached hydrogens (tertiary/aromatic N) is 1. The van der Waals surface area contributed by atoms with E-state index in [0.29, 0.717) is 5.92 Å². The molecule has 1 N–H and O–H groups in total. The molecule has 0 aliphatic rings. The van der Waals surface area contributed by atoms with Crippen LogP contribution in [0.1, 0.15) is 13.3 Å². The average Bonchev–Trinajstić information content (AvgIpc) is 2.35. The van der Waals surface area contributed by atoms with Crippen molar-refractivity contribution in [2.75, 3.05) is 32.2 Å². The lowest BCUT2D eigenvalue weighted by Gasteiger charge is -2.25. The van der Waals surface area contributed by atoms with Gasteiger partial charge in [0.05, 0.1) is 12.8 Å². The van der Waals surface area contributed by atoms with Gasteiger partial charge in [0.25, 0.3) is 0 Å². The van der Waals surface area contributed by atoms with Crippen LogP contribution in [0.25, 0.3) is 0 Å². The first-order chi connectivity index (χ1) is 7.72. The monoisotopic (exact) mass is 223 g/mol. The van der Waals surface area contributed by atoms with E-state index >= 15 is 0 Å². The zero-order valence-electron chi connectivity index (χ0n) is 10.3. The standard InChI is InChI=1S/C13H21NO2/c1-4-11(10-15)9-14(2)12-7-5-6-8-13(12)16-3/h5-8,11,15H,4,9-10H2,1-3H3. The Labute approximate surface area is 97.7 Å². The zero-order valence-corrected chi connectivity index (χ0v) is 10.3. The van der Waals surface area contributed by atoms with Crippen molar-refractivity contribution < 1.29 is 9.84 Å². The Balaban J connectivity index is 2.75. The first-order valence-corrected chi connectivity index (χ1v) is 5.67. The van der Waals surface area contributed by atoms with Crippen molar-refractivity contribution >= 4 is 5.69 Å². The van der Waals surface area contributed by atoms with Gasteiger partial charge in [0.1, 0.15) is 5.75 Å². The third kappa shape index (κ3) is 3.14. The minimum atomic E-state index is 0.232. The van der Waals surface area contributed by atoms with Crippen LogP contribution >= 0.6 is 0 Å². The molecule has 0 saturated heterocycles. The fourth-order valence-corrected chi connectivity index (χ4v) is 1.75. The van der Waals surface area contributed by atoms with Crippen LogP contribution in [0.15, 0.2) is 24.3 Å². The molecule has 90 valence electrons. The molecule has 0 fully saturated rings. The van der Waals surface area contributed by atoms with Gasteiger partial charge in [-0.3, -0.25) is 0 Å². The Morgan fingerprint density at radius 2 is 2.06 bits per heavy atom. The van der Waals surface area contributed by atoms with E-state index in [1.54, 1.807) is 7.11 Å². The van der Waals surface area contributed by atoms with Gasteiger partial charge < -0.3 is 14.7 Å².